The molecular weight excluding hydrogens is 199 g/mol. The summed E-state index contributed by atoms with van der Waals surface area (Å²) in [6.45, 7) is 3.53. The van der Waals surface area contributed by atoms with Crippen LogP contribution in [0.2, 0.25) is 0 Å². The lowest BCUT2D eigenvalue weighted by atomic mass is 10.4. The van der Waals surface area contributed by atoms with Gasteiger partial charge in [-0.2, -0.15) is 24.9 Å². The molecule has 0 amide bonds. The first-order valence-corrected chi connectivity index (χ1v) is 5.39. The van der Waals surface area contributed by atoms with Gasteiger partial charge in [-0.05, 0) is 12.2 Å². The first-order chi connectivity index (χ1) is 5.95. The number of alkyl halides is 3. The molecule has 1 atom stereocenters. The Morgan fingerprint density at radius 3 is 2.46 bits per heavy atom. The van der Waals surface area contributed by atoms with Crippen molar-refractivity contribution in [2.24, 2.45) is 0 Å². The van der Waals surface area contributed by atoms with Gasteiger partial charge in [0, 0.05) is 11.8 Å². The van der Waals surface area contributed by atoms with E-state index in [9.17, 15) is 13.2 Å². The van der Waals surface area contributed by atoms with Crippen molar-refractivity contribution in [2.45, 2.75) is 31.7 Å². The molecule has 0 aliphatic rings. The Morgan fingerprint density at radius 2 is 2.00 bits per heavy atom. The van der Waals surface area contributed by atoms with Crippen LogP contribution in [-0.2, 0) is 0 Å². The standard InChI is InChI=1S/C8H16F3NS/c1-3-4-13-7(2)5-12-6-8(9,10)11/h7,12H,3-6H2,1-2H3. The third-order valence-electron chi connectivity index (χ3n) is 1.36. The Balaban J connectivity index is 3.31. The molecule has 0 aromatic carbocycles. The molecule has 5 heteroatoms. The lowest BCUT2D eigenvalue weighted by Crippen LogP contribution is -2.32. The molecule has 0 aromatic heterocycles. The molecule has 0 aliphatic heterocycles. The highest BCUT2D eigenvalue weighted by molar-refractivity contribution is 7.99. The van der Waals surface area contributed by atoms with Gasteiger partial charge in [-0.1, -0.05) is 13.8 Å². The molecular formula is C8H16F3NS. The molecule has 1 N–H and O–H groups in total. The number of rotatable bonds is 6. The lowest BCUT2D eigenvalue weighted by Gasteiger charge is -2.12. The second-order valence-corrected chi connectivity index (χ2v) is 4.47. The van der Waals surface area contributed by atoms with Crippen LogP contribution in [0, 0.1) is 0 Å². The van der Waals surface area contributed by atoms with Crippen LogP contribution >= 0.6 is 11.8 Å². The molecule has 0 bridgehead atoms. The van der Waals surface area contributed by atoms with Crippen molar-refractivity contribution in [3.8, 4) is 0 Å². The molecule has 0 rings (SSSR count). The average molecular weight is 215 g/mol. The van der Waals surface area contributed by atoms with Crippen molar-refractivity contribution in [3.05, 3.63) is 0 Å². The smallest absolute Gasteiger partial charge is 0.308 e. The summed E-state index contributed by atoms with van der Waals surface area (Å²) >= 11 is 1.70. The van der Waals surface area contributed by atoms with Crippen LogP contribution in [-0.4, -0.2) is 30.3 Å². The second-order valence-electron chi connectivity index (χ2n) is 2.93. The first kappa shape index (κ1) is 13.1. The molecule has 0 fully saturated rings. The van der Waals surface area contributed by atoms with Crippen molar-refractivity contribution < 1.29 is 13.2 Å². The summed E-state index contributed by atoms with van der Waals surface area (Å²) in [5, 5.41) is 2.64. The minimum Gasteiger partial charge on any atom is -0.308 e. The van der Waals surface area contributed by atoms with Crippen LogP contribution in [0.5, 0.6) is 0 Å². The van der Waals surface area contributed by atoms with Gasteiger partial charge in [0.25, 0.3) is 0 Å². The fourth-order valence-corrected chi connectivity index (χ4v) is 1.67. The summed E-state index contributed by atoms with van der Waals surface area (Å²) in [6.07, 6.45) is -3.02. The maximum absolute atomic E-state index is 11.7. The van der Waals surface area contributed by atoms with Crippen molar-refractivity contribution in [2.75, 3.05) is 18.8 Å². The maximum atomic E-state index is 11.7. The Kier molecular flexibility index (Phi) is 6.59. The molecule has 0 saturated heterocycles. The van der Waals surface area contributed by atoms with E-state index in [4.69, 9.17) is 0 Å². The number of nitrogens with one attached hydrogen (secondary N) is 1. The van der Waals surface area contributed by atoms with Gasteiger partial charge >= 0.3 is 6.18 Å². The Labute approximate surface area is 81.5 Å². The third kappa shape index (κ3) is 10.0. The van der Waals surface area contributed by atoms with Gasteiger partial charge in [-0.25, -0.2) is 0 Å². The molecule has 13 heavy (non-hydrogen) atoms. The average Bonchev–Trinajstić information content (AvgIpc) is 1.98. The maximum Gasteiger partial charge on any atom is 0.401 e. The molecule has 0 radical (unpaired) electrons. The normalized spacial score (nSPS) is 14.5. The molecule has 1 unspecified atom stereocenters. The SMILES string of the molecule is CCCSC(C)CNCC(F)(F)F. The Morgan fingerprint density at radius 1 is 1.38 bits per heavy atom. The van der Waals surface area contributed by atoms with E-state index in [0.717, 1.165) is 12.2 Å². The Hall–Kier alpha value is 0.100. The largest absolute Gasteiger partial charge is 0.401 e. The highest BCUT2D eigenvalue weighted by atomic mass is 32.2. The van der Waals surface area contributed by atoms with E-state index in [1.165, 1.54) is 0 Å². The molecule has 80 valence electrons. The lowest BCUT2D eigenvalue weighted by molar-refractivity contribution is -0.124. The summed E-state index contributed by atoms with van der Waals surface area (Å²) in [6, 6.07) is 0. The van der Waals surface area contributed by atoms with Crippen LogP contribution in [0.4, 0.5) is 13.2 Å². The van der Waals surface area contributed by atoms with E-state index in [1.54, 1.807) is 11.8 Å². The zero-order chi connectivity index (χ0) is 10.3. The topological polar surface area (TPSA) is 12.0 Å². The van der Waals surface area contributed by atoms with Gasteiger partial charge in [-0.3, -0.25) is 0 Å². The summed E-state index contributed by atoms with van der Waals surface area (Å²) in [7, 11) is 0. The highest BCUT2D eigenvalue weighted by Gasteiger charge is 2.26. The van der Waals surface area contributed by atoms with Crippen LogP contribution in [0.15, 0.2) is 0 Å². The number of halogens is 3. The van der Waals surface area contributed by atoms with Crippen LogP contribution in [0.1, 0.15) is 20.3 Å². The van der Waals surface area contributed by atoms with Gasteiger partial charge in [-0.15, -0.1) is 0 Å². The van der Waals surface area contributed by atoms with Crippen molar-refractivity contribution in [1.82, 2.24) is 5.32 Å². The van der Waals surface area contributed by atoms with Gasteiger partial charge in [0.05, 0.1) is 6.54 Å². The zero-order valence-corrected chi connectivity index (χ0v) is 8.76. The molecule has 0 spiro atoms. The predicted octanol–water partition coefficient (Wildman–Crippen LogP) is 2.67. The second kappa shape index (κ2) is 6.54. The van der Waals surface area contributed by atoms with E-state index in [2.05, 4.69) is 12.2 Å². The number of thioether (sulfide) groups is 1. The first-order valence-electron chi connectivity index (χ1n) is 4.34. The van der Waals surface area contributed by atoms with E-state index in [0.29, 0.717) is 6.54 Å². The summed E-state index contributed by atoms with van der Waals surface area (Å²) < 4.78 is 35.1. The van der Waals surface area contributed by atoms with Gasteiger partial charge in [0.2, 0.25) is 0 Å². The monoisotopic (exact) mass is 215 g/mol. The summed E-state index contributed by atoms with van der Waals surface area (Å²) in [5.41, 5.74) is 0. The molecule has 1 nitrogen and oxygen atoms in total. The summed E-state index contributed by atoms with van der Waals surface area (Å²) in [5.74, 6) is 1.01. The van der Waals surface area contributed by atoms with Gasteiger partial charge in [0.15, 0.2) is 0 Å². The van der Waals surface area contributed by atoms with E-state index >= 15 is 0 Å². The van der Waals surface area contributed by atoms with Crippen LogP contribution in [0.3, 0.4) is 0 Å². The van der Waals surface area contributed by atoms with Crippen molar-refractivity contribution >= 4 is 11.8 Å². The quantitative estimate of drug-likeness (QED) is 0.731. The molecule has 0 aliphatic carbocycles. The van der Waals surface area contributed by atoms with Crippen molar-refractivity contribution in [1.29, 1.82) is 0 Å². The molecule has 0 saturated carbocycles. The molecule has 0 aromatic rings. The van der Waals surface area contributed by atoms with E-state index < -0.39 is 12.7 Å². The minimum atomic E-state index is -4.09. The van der Waals surface area contributed by atoms with Crippen molar-refractivity contribution in [3.63, 3.8) is 0 Å². The number of hydrogen-bond donors (Lipinski definition) is 1. The van der Waals surface area contributed by atoms with Crippen LogP contribution in [0.25, 0.3) is 0 Å². The summed E-state index contributed by atoms with van der Waals surface area (Å²) in [4.78, 5) is 0. The predicted molar refractivity (Wildman–Crippen MR) is 51.1 cm³/mol. The fourth-order valence-electron chi connectivity index (χ4n) is 0.795. The Bertz CT molecular complexity index is 127. The minimum absolute atomic E-state index is 0.252. The third-order valence-corrected chi connectivity index (χ3v) is 2.74. The zero-order valence-electron chi connectivity index (χ0n) is 7.95. The van der Waals surface area contributed by atoms with Crippen LogP contribution < -0.4 is 5.32 Å². The van der Waals surface area contributed by atoms with Gasteiger partial charge in [0.1, 0.15) is 0 Å². The number of hydrogen-bond acceptors (Lipinski definition) is 2. The van der Waals surface area contributed by atoms with Gasteiger partial charge < -0.3 is 5.32 Å². The fraction of sp³-hybridized carbons (Fsp3) is 1.00. The van der Waals surface area contributed by atoms with E-state index in [1.807, 2.05) is 6.92 Å². The van der Waals surface area contributed by atoms with E-state index in [-0.39, 0.29) is 5.25 Å². The molecule has 0 heterocycles. The highest BCUT2D eigenvalue weighted by Crippen LogP contribution is 2.14.